The van der Waals surface area contributed by atoms with Crippen LogP contribution < -0.4 is 5.43 Å². The van der Waals surface area contributed by atoms with Gasteiger partial charge in [0.15, 0.2) is 5.03 Å². The molecule has 1 unspecified atom stereocenters. The summed E-state index contributed by atoms with van der Waals surface area (Å²) in [6.45, 7) is 12.3. The fraction of sp³-hybridized carbons (Fsp3) is 1.00. The highest BCUT2D eigenvalue weighted by Gasteiger charge is 2.63. The second-order valence-corrected chi connectivity index (χ2v) is 13.7. The van der Waals surface area contributed by atoms with E-state index in [9.17, 15) is 10.1 Å². The molecule has 32 heavy (non-hydrogen) atoms. The van der Waals surface area contributed by atoms with Crippen LogP contribution in [-0.4, -0.2) is 16.5 Å². The quantitative estimate of drug-likeness (QED) is 0.240. The monoisotopic (exact) mass is 466 g/mol. The zero-order valence-corrected chi connectivity index (χ0v) is 21.9. The molecule has 0 amide bonds. The normalized spacial score (nSPS) is 46.8. The highest BCUT2D eigenvalue weighted by Crippen LogP contribution is 2.68. The predicted molar refractivity (Wildman–Crippen MR) is 132 cm³/mol. The van der Waals surface area contributed by atoms with Gasteiger partial charge in [0.2, 0.25) is 0 Å². The largest absolute Gasteiger partial charge is 0.235 e. The van der Waals surface area contributed by atoms with Gasteiger partial charge < -0.3 is 0 Å². The van der Waals surface area contributed by atoms with Crippen molar-refractivity contribution in [2.45, 2.75) is 117 Å². The first-order chi connectivity index (χ1) is 15.1. The molecule has 5 heteroatoms. The minimum Gasteiger partial charge on any atom is -0.235 e. The molecule has 184 valence electrons. The van der Waals surface area contributed by atoms with Gasteiger partial charge in [-0.3, -0.25) is 0 Å². The third-order valence-electron chi connectivity index (χ3n) is 11.1. The number of alkyl halides is 1. The van der Waals surface area contributed by atoms with Crippen LogP contribution in [0.2, 0.25) is 0 Å². The number of rotatable bonds is 7. The fourth-order valence-electron chi connectivity index (χ4n) is 9.59. The topological polar surface area (TPSA) is 55.2 Å². The number of hydrogen-bond donors (Lipinski definition) is 1. The summed E-state index contributed by atoms with van der Waals surface area (Å²) < 4.78 is 0. The van der Waals surface area contributed by atoms with Crippen LogP contribution in [0.15, 0.2) is 0 Å². The Morgan fingerprint density at radius 2 is 1.66 bits per heavy atom. The second kappa shape index (κ2) is 9.27. The van der Waals surface area contributed by atoms with Crippen molar-refractivity contribution in [3.05, 3.63) is 10.1 Å². The lowest BCUT2D eigenvalue weighted by molar-refractivity contribution is -0.555. The molecule has 0 aliphatic heterocycles. The van der Waals surface area contributed by atoms with E-state index in [-0.39, 0.29) is 21.9 Å². The maximum absolute atomic E-state index is 11.5. The molecule has 4 fully saturated rings. The molecule has 0 aromatic heterocycles. The lowest BCUT2D eigenvalue weighted by Crippen LogP contribution is -2.61. The molecular formula is C27H47ClN2O2. The molecule has 0 bridgehead atoms. The van der Waals surface area contributed by atoms with Crippen LogP contribution in [0, 0.1) is 62.4 Å². The Morgan fingerprint density at radius 3 is 2.34 bits per heavy atom. The Bertz CT molecular complexity index is 687. The van der Waals surface area contributed by atoms with Crippen LogP contribution in [0.4, 0.5) is 0 Å². The van der Waals surface area contributed by atoms with Gasteiger partial charge in [-0.15, -0.1) is 17.0 Å². The molecule has 0 radical (unpaired) electrons. The fourth-order valence-corrected chi connectivity index (χ4v) is 9.90. The minimum atomic E-state index is -0.278. The van der Waals surface area contributed by atoms with Crippen molar-refractivity contribution in [2.24, 2.45) is 52.3 Å². The van der Waals surface area contributed by atoms with E-state index in [0.717, 1.165) is 55.3 Å². The van der Waals surface area contributed by atoms with E-state index in [0.29, 0.717) is 17.3 Å². The number of hydrogen-bond acceptors (Lipinski definition) is 2. The number of halogens is 1. The van der Waals surface area contributed by atoms with Crippen molar-refractivity contribution in [1.29, 1.82) is 0 Å². The molecule has 4 nitrogen and oxygen atoms in total. The summed E-state index contributed by atoms with van der Waals surface area (Å²) in [5.74, 6) is 4.85. The van der Waals surface area contributed by atoms with Gasteiger partial charge in [-0.2, -0.15) is 0 Å². The zero-order chi connectivity index (χ0) is 23.3. The highest BCUT2D eigenvalue weighted by atomic mass is 35.5. The lowest BCUT2D eigenvalue weighted by atomic mass is 9.43. The Labute approximate surface area is 201 Å². The van der Waals surface area contributed by atoms with Gasteiger partial charge in [0, 0.05) is 5.38 Å². The van der Waals surface area contributed by atoms with Gasteiger partial charge in [-0.25, -0.2) is 10.1 Å². The summed E-state index contributed by atoms with van der Waals surface area (Å²) in [6.07, 6.45) is 13.6. The molecular weight excluding hydrogens is 420 g/mol. The molecule has 0 spiro atoms. The van der Waals surface area contributed by atoms with Gasteiger partial charge in [-0.05, 0) is 104 Å². The third-order valence-corrected chi connectivity index (χ3v) is 11.5. The summed E-state index contributed by atoms with van der Waals surface area (Å²) in [6, 6.07) is -0.0253. The molecule has 10 atom stereocenters. The first-order valence-electron chi connectivity index (χ1n) is 13.6. The van der Waals surface area contributed by atoms with E-state index in [4.69, 9.17) is 11.6 Å². The van der Waals surface area contributed by atoms with Crippen LogP contribution in [0.5, 0.6) is 0 Å². The van der Waals surface area contributed by atoms with Gasteiger partial charge in [-0.1, -0.05) is 53.9 Å². The smallest absolute Gasteiger partial charge is 0.157 e. The summed E-state index contributed by atoms with van der Waals surface area (Å²) in [5, 5.41) is 11.4. The van der Waals surface area contributed by atoms with Gasteiger partial charge in [0.1, 0.15) is 0 Å². The number of nitro groups is 1. The number of hydrazine groups is 1. The molecule has 0 saturated heterocycles. The Morgan fingerprint density at radius 1 is 0.969 bits per heavy atom. The van der Waals surface area contributed by atoms with E-state index < -0.39 is 0 Å². The molecule has 4 rings (SSSR count). The van der Waals surface area contributed by atoms with Crippen molar-refractivity contribution in [1.82, 2.24) is 5.43 Å². The maximum Gasteiger partial charge on any atom is 0.157 e. The number of nitrogens with one attached hydrogen (secondary N) is 1. The molecule has 1 N–H and O–H groups in total. The summed E-state index contributed by atoms with van der Waals surface area (Å²) in [4.78, 5) is 11.5. The lowest BCUT2D eigenvalue weighted by Gasteiger charge is -2.62. The molecule has 4 aliphatic rings. The van der Waals surface area contributed by atoms with E-state index >= 15 is 0 Å². The number of fused-ring (bicyclic) bond motifs is 5. The van der Waals surface area contributed by atoms with Crippen molar-refractivity contribution in [3.63, 3.8) is 0 Å². The van der Waals surface area contributed by atoms with Gasteiger partial charge in [0.05, 0.1) is 6.04 Å². The van der Waals surface area contributed by atoms with Gasteiger partial charge >= 0.3 is 0 Å². The molecule has 0 aromatic carbocycles. The minimum absolute atomic E-state index is 0.0253. The van der Waals surface area contributed by atoms with Crippen LogP contribution in [-0.2, 0) is 0 Å². The maximum atomic E-state index is 11.5. The second-order valence-electron chi connectivity index (χ2n) is 13.1. The first-order valence-corrected chi connectivity index (χ1v) is 14.0. The Kier molecular flexibility index (Phi) is 7.13. The predicted octanol–water partition coefficient (Wildman–Crippen LogP) is 7.47. The van der Waals surface area contributed by atoms with Crippen LogP contribution in [0.1, 0.15) is 105 Å². The molecule has 0 aromatic rings. The first kappa shape index (κ1) is 24.6. The van der Waals surface area contributed by atoms with Crippen LogP contribution in [0.3, 0.4) is 0 Å². The molecule has 4 saturated carbocycles. The average molecular weight is 467 g/mol. The van der Waals surface area contributed by atoms with Crippen molar-refractivity contribution in [3.8, 4) is 0 Å². The van der Waals surface area contributed by atoms with E-state index in [1.54, 1.807) is 0 Å². The number of nitrogens with zero attached hydrogens (tertiary/aromatic N) is 1. The molecule has 4 aliphatic carbocycles. The standard InChI is InChI=1S/C27H47ClN2O2/c1-17(2)7-6-8-18(3)21-9-10-22-20-16-25(29-30(31)32)24-15-19(28)11-13-27(24,5)23(20)12-14-26(21,22)4/h17-25,29H,6-16H2,1-5H3/t18?,19-,20-,21+,22-,23-,24+,25+,26+,27+/m0/s1. The SMILES string of the molecule is CC(C)CCCC(C)[C@H]1CC[C@H]2[C@@H]3C[C@@H](N[N+](=O)[O-])[C@H]4C[C@@H](Cl)CC[C@]4(C)[C@H]3CC[C@]12C. The van der Waals surface area contributed by atoms with Crippen LogP contribution >= 0.6 is 11.6 Å². The molecule has 0 heterocycles. The third kappa shape index (κ3) is 4.31. The van der Waals surface area contributed by atoms with Crippen molar-refractivity contribution >= 4 is 11.6 Å². The van der Waals surface area contributed by atoms with Crippen molar-refractivity contribution < 1.29 is 5.03 Å². The van der Waals surface area contributed by atoms with E-state index in [2.05, 4.69) is 40.0 Å². The zero-order valence-electron chi connectivity index (χ0n) is 21.1. The Hall–Kier alpha value is -0.510. The van der Waals surface area contributed by atoms with E-state index in [1.807, 2.05) is 0 Å². The van der Waals surface area contributed by atoms with Crippen molar-refractivity contribution in [2.75, 3.05) is 0 Å². The summed E-state index contributed by atoms with van der Waals surface area (Å²) in [5.41, 5.74) is 3.41. The van der Waals surface area contributed by atoms with Gasteiger partial charge in [0.25, 0.3) is 0 Å². The average Bonchev–Trinajstić information content (AvgIpc) is 3.06. The highest BCUT2D eigenvalue weighted by molar-refractivity contribution is 6.20. The summed E-state index contributed by atoms with van der Waals surface area (Å²) in [7, 11) is 0. The van der Waals surface area contributed by atoms with E-state index in [1.165, 1.54) is 44.9 Å². The summed E-state index contributed by atoms with van der Waals surface area (Å²) >= 11 is 6.60. The van der Waals surface area contributed by atoms with Crippen LogP contribution in [0.25, 0.3) is 0 Å². The Balaban J connectivity index is 1.55.